The average Bonchev–Trinajstić information content (AvgIpc) is 2.74. The Kier molecular flexibility index (Phi) is 6.36. The van der Waals surface area contributed by atoms with Crippen molar-refractivity contribution in [1.82, 2.24) is 5.32 Å². The lowest BCUT2D eigenvalue weighted by molar-refractivity contribution is 0.295. The van der Waals surface area contributed by atoms with Crippen LogP contribution in [-0.2, 0) is 11.8 Å². The van der Waals surface area contributed by atoms with Crippen molar-refractivity contribution in [3.63, 3.8) is 0 Å². The van der Waals surface area contributed by atoms with E-state index in [4.69, 9.17) is 9.47 Å². The molecule has 0 bridgehead atoms. The molecule has 1 saturated carbocycles. The van der Waals surface area contributed by atoms with Crippen LogP contribution in [0.2, 0.25) is 0 Å². The number of nitrogens with one attached hydrogen (secondary N) is 1. The fraction of sp³-hybridized carbons (Fsp3) is 0.435. The predicted octanol–water partition coefficient (Wildman–Crippen LogP) is 4.24. The molecule has 4 nitrogen and oxygen atoms in total. The van der Waals surface area contributed by atoms with Gasteiger partial charge in [0.2, 0.25) is 0 Å². The molecule has 1 aliphatic carbocycles. The summed E-state index contributed by atoms with van der Waals surface area (Å²) in [4.78, 5) is 0. The smallest absolute Gasteiger partial charge is 0.161 e. The number of methoxy groups -OCH3 is 2. The van der Waals surface area contributed by atoms with Crippen LogP contribution in [0.1, 0.15) is 36.8 Å². The minimum absolute atomic E-state index is 0.433. The van der Waals surface area contributed by atoms with E-state index in [2.05, 4.69) is 35.7 Å². The Balaban J connectivity index is 1.59. The first kappa shape index (κ1) is 19.3. The first-order valence-electron chi connectivity index (χ1n) is 9.62. The molecule has 0 saturated heterocycles. The number of rotatable bonds is 7. The normalized spacial score (nSPS) is 22.0. The van der Waals surface area contributed by atoms with Crippen LogP contribution < -0.4 is 14.8 Å². The quantitative estimate of drug-likeness (QED) is 0.798. The minimum Gasteiger partial charge on any atom is -0.493 e. The topological polar surface area (TPSA) is 54.3 Å². The van der Waals surface area contributed by atoms with E-state index in [0.717, 1.165) is 44.2 Å². The third-order valence-electron chi connectivity index (χ3n) is 5.68. The van der Waals surface area contributed by atoms with Crippen LogP contribution in [0, 0.1) is 11.3 Å². The van der Waals surface area contributed by atoms with Gasteiger partial charge in [0.25, 0.3) is 0 Å². The summed E-state index contributed by atoms with van der Waals surface area (Å²) in [6.45, 7) is 0.977. The van der Waals surface area contributed by atoms with Gasteiger partial charge in [0.05, 0.1) is 25.7 Å². The van der Waals surface area contributed by atoms with Crippen molar-refractivity contribution in [3.05, 3.63) is 59.7 Å². The van der Waals surface area contributed by atoms with Crippen LogP contribution in [-0.4, -0.2) is 26.8 Å². The lowest BCUT2D eigenvalue weighted by atomic mass is 9.69. The molecule has 142 valence electrons. The summed E-state index contributed by atoms with van der Waals surface area (Å²) in [5.41, 5.74) is 1.96. The molecule has 0 heterocycles. The van der Waals surface area contributed by atoms with Gasteiger partial charge in [-0.15, -0.1) is 0 Å². The van der Waals surface area contributed by atoms with Gasteiger partial charge < -0.3 is 14.8 Å². The number of benzene rings is 2. The Morgan fingerprint density at radius 2 is 1.74 bits per heavy atom. The Morgan fingerprint density at radius 1 is 1.04 bits per heavy atom. The third kappa shape index (κ3) is 4.43. The second-order valence-electron chi connectivity index (χ2n) is 7.23. The highest BCUT2D eigenvalue weighted by Gasteiger charge is 2.37. The van der Waals surface area contributed by atoms with Gasteiger partial charge >= 0.3 is 0 Å². The molecule has 0 spiro atoms. The molecule has 3 rings (SSSR count). The maximum absolute atomic E-state index is 9.95. The van der Waals surface area contributed by atoms with Crippen molar-refractivity contribution in [2.24, 2.45) is 0 Å². The number of nitriles is 1. The lowest BCUT2D eigenvalue weighted by Gasteiger charge is -2.36. The van der Waals surface area contributed by atoms with Gasteiger partial charge in [-0.1, -0.05) is 36.4 Å². The van der Waals surface area contributed by atoms with Crippen LogP contribution in [0.5, 0.6) is 11.5 Å². The zero-order valence-corrected chi connectivity index (χ0v) is 16.2. The molecule has 0 aliphatic heterocycles. The van der Waals surface area contributed by atoms with Crippen LogP contribution in [0.4, 0.5) is 0 Å². The van der Waals surface area contributed by atoms with E-state index in [1.807, 2.05) is 24.3 Å². The van der Waals surface area contributed by atoms with E-state index < -0.39 is 5.41 Å². The van der Waals surface area contributed by atoms with Crippen molar-refractivity contribution < 1.29 is 9.47 Å². The SMILES string of the molecule is COc1ccc(C2(C#N)CCC(NCCc3ccccc3)CC2)cc1OC. The van der Waals surface area contributed by atoms with E-state index >= 15 is 0 Å². The van der Waals surface area contributed by atoms with E-state index in [1.165, 1.54) is 5.56 Å². The highest BCUT2D eigenvalue weighted by Crippen LogP contribution is 2.42. The summed E-state index contributed by atoms with van der Waals surface area (Å²) in [5, 5.41) is 13.6. The minimum atomic E-state index is -0.433. The highest BCUT2D eigenvalue weighted by atomic mass is 16.5. The first-order chi connectivity index (χ1) is 13.2. The summed E-state index contributed by atoms with van der Waals surface area (Å²) in [5.74, 6) is 1.39. The molecule has 27 heavy (non-hydrogen) atoms. The molecule has 0 unspecified atom stereocenters. The molecule has 0 radical (unpaired) electrons. The van der Waals surface area contributed by atoms with Gasteiger partial charge in [-0.2, -0.15) is 5.26 Å². The summed E-state index contributed by atoms with van der Waals surface area (Å²) in [6.07, 6.45) is 4.79. The number of hydrogen-bond donors (Lipinski definition) is 1. The Labute approximate surface area is 162 Å². The van der Waals surface area contributed by atoms with Crippen LogP contribution in [0.25, 0.3) is 0 Å². The Morgan fingerprint density at radius 3 is 2.37 bits per heavy atom. The zero-order valence-electron chi connectivity index (χ0n) is 16.2. The summed E-state index contributed by atoms with van der Waals surface area (Å²) >= 11 is 0. The van der Waals surface area contributed by atoms with E-state index in [0.29, 0.717) is 17.5 Å². The summed E-state index contributed by atoms with van der Waals surface area (Å²) < 4.78 is 10.8. The molecule has 0 aromatic heterocycles. The molecule has 1 N–H and O–H groups in total. The van der Waals surface area contributed by atoms with Crippen LogP contribution in [0.15, 0.2) is 48.5 Å². The molecular weight excluding hydrogens is 336 g/mol. The molecule has 4 heteroatoms. The maximum atomic E-state index is 9.95. The monoisotopic (exact) mass is 364 g/mol. The summed E-state index contributed by atoms with van der Waals surface area (Å²) in [7, 11) is 3.26. The van der Waals surface area contributed by atoms with Crippen molar-refractivity contribution in [2.45, 2.75) is 43.6 Å². The van der Waals surface area contributed by atoms with Gasteiger partial charge in [0, 0.05) is 6.04 Å². The molecule has 2 aromatic rings. The third-order valence-corrected chi connectivity index (χ3v) is 5.68. The molecule has 1 fully saturated rings. The van der Waals surface area contributed by atoms with Gasteiger partial charge in [0.1, 0.15) is 0 Å². The Hall–Kier alpha value is -2.51. The van der Waals surface area contributed by atoms with E-state index in [-0.39, 0.29) is 0 Å². The summed E-state index contributed by atoms with van der Waals surface area (Å²) in [6, 6.07) is 19.5. The molecule has 1 aliphatic rings. The lowest BCUT2D eigenvalue weighted by Crippen LogP contribution is -2.39. The van der Waals surface area contributed by atoms with Crippen molar-refractivity contribution in [2.75, 3.05) is 20.8 Å². The maximum Gasteiger partial charge on any atom is 0.161 e. The highest BCUT2D eigenvalue weighted by molar-refractivity contribution is 5.47. The molecular formula is C23H28N2O2. The predicted molar refractivity (Wildman–Crippen MR) is 107 cm³/mol. The zero-order chi connectivity index (χ0) is 19.1. The Bertz CT molecular complexity index is 775. The van der Waals surface area contributed by atoms with Gasteiger partial charge in [-0.25, -0.2) is 0 Å². The second kappa shape index (κ2) is 8.92. The molecule has 0 amide bonds. The number of ether oxygens (including phenoxy) is 2. The molecule has 0 atom stereocenters. The van der Waals surface area contributed by atoms with Gasteiger partial charge in [-0.3, -0.25) is 0 Å². The van der Waals surface area contributed by atoms with Gasteiger partial charge in [-0.05, 0) is 61.9 Å². The molecule has 2 aromatic carbocycles. The fourth-order valence-corrected chi connectivity index (χ4v) is 3.98. The number of hydrogen-bond acceptors (Lipinski definition) is 4. The second-order valence-corrected chi connectivity index (χ2v) is 7.23. The van der Waals surface area contributed by atoms with Crippen LogP contribution in [0.3, 0.4) is 0 Å². The van der Waals surface area contributed by atoms with E-state index in [1.54, 1.807) is 14.2 Å². The van der Waals surface area contributed by atoms with Crippen molar-refractivity contribution in [3.8, 4) is 17.6 Å². The van der Waals surface area contributed by atoms with Crippen LogP contribution >= 0.6 is 0 Å². The fourth-order valence-electron chi connectivity index (χ4n) is 3.98. The average molecular weight is 364 g/mol. The van der Waals surface area contributed by atoms with Gasteiger partial charge in [0.15, 0.2) is 11.5 Å². The number of nitrogens with zero attached hydrogens (tertiary/aromatic N) is 1. The standard InChI is InChI=1S/C23H28N2O2/c1-26-21-9-8-19(16-22(21)27-2)23(17-24)13-10-20(11-14-23)25-15-12-18-6-4-3-5-7-18/h3-9,16,20,25H,10-15H2,1-2H3. The largest absolute Gasteiger partial charge is 0.493 e. The van der Waals surface area contributed by atoms with Crippen molar-refractivity contribution >= 4 is 0 Å². The first-order valence-corrected chi connectivity index (χ1v) is 9.62. The van der Waals surface area contributed by atoms with Crippen molar-refractivity contribution in [1.29, 1.82) is 5.26 Å². The van der Waals surface area contributed by atoms with E-state index in [9.17, 15) is 5.26 Å².